The Morgan fingerprint density at radius 3 is 2.50 bits per heavy atom. The number of fused-ring (bicyclic) bond motifs is 2. The molecule has 2 aliphatic rings. The van der Waals surface area contributed by atoms with Gasteiger partial charge in [-0.05, 0) is 18.8 Å². The van der Waals surface area contributed by atoms with Crippen LogP contribution in [-0.2, 0) is 7.05 Å². The highest BCUT2D eigenvalue weighted by atomic mass is 16.5. The number of ether oxygens (including phenoxy) is 1. The third kappa shape index (κ3) is 3.12. The van der Waals surface area contributed by atoms with Crippen LogP contribution in [0.25, 0.3) is 0 Å². The number of piperidine rings is 1. The van der Waals surface area contributed by atoms with Crippen LogP contribution in [0.2, 0.25) is 0 Å². The molecular formula is C18H24N6O4. The fourth-order valence-corrected chi connectivity index (χ4v) is 4.27. The van der Waals surface area contributed by atoms with E-state index >= 15 is 0 Å². The summed E-state index contributed by atoms with van der Waals surface area (Å²) in [5, 5.41) is 12.2. The summed E-state index contributed by atoms with van der Waals surface area (Å²) in [4.78, 5) is 36.6. The molecule has 0 radical (unpaired) electrons. The van der Waals surface area contributed by atoms with Gasteiger partial charge in [-0.25, -0.2) is 14.6 Å². The number of hydrogen-bond donors (Lipinski definition) is 1. The molecule has 10 heteroatoms. The van der Waals surface area contributed by atoms with Crippen LogP contribution >= 0.6 is 0 Å². The molecule has 0 spiro atoms. The van der Waals surface area contributed by atoms with Crippen LogP contribution in [-0.4, -0.2) is 42.8 Å². The minimum absolute atomic E-state index is 0.0314. The summed E-state index contributed by atoms with van der Waals surface area (Å²) in [6.45, 7) is 3.89. The van der Waals surface area contributed by atoms with Gasteiger partial charge in [-0.1, -0.05) is 13.8 Å². The Morgan fingerprint density at radius 1 is 1.18 bits per heavy atom. The molecule has 0 aliphatic carbocycles. The first kappa shape index (κ1) is 18.5. The number of aromatic nitrogens is 5. The number of rotatable bonds is 4. The van der Waals surface area contributed by atoms with E-state index in [1.54, 1.807) is 6.07 Å². The van der Waals surface area contributed by atoms with Gasteiger partial charge in [0, 0.05) is 43.6 Å². The van der Waals surface area contributed by atoms with E-state index in [1.165, 1.54) is 22.6 Å². The predicted octanol–water partition coefficient (Wildman–Crippen LogP) is -0.141. The van der Waals surface area contributed by atoms with Gasteiger partial charge >= 0.3 is 5.69 Å². The summed E-state index contributed by atoms with van der Waals surface area (Å²) in [5.41, 5.74) is -0.418. The largest absolute Gasteiger partial charge is 0.473 e. The molecule has 4 rings (SSSR count). The Labute approximate surface area is 160 Å². The fourth-order valence-electron chi connectivity index (χ4n) is 4.27. The van der Waals surface area contributed by atoms with Gasteiger partial charge in [0.25, 0.3) is 11.1 Å². The van der Waals surface area contributed by atoms with Crippen molar-refractivity contribution in [1.82, 2.24) is 24.7 Å². The van der Waals surface area contributed by atoms with E-state index in [-0.39, 0.29) is 29.7 Å². The maximum absolute atomic E-state index is 12.5. The van der Waals surface area contributed by atoms with Crippen LogP contribution in [0.4, 0.5) is 0 Å². The molecule has 2 bridgehead atoms. The van der Waals surface area contributed by atoms with E-state index in [0.717, 1.165) is 12.8 Å². The second kappa shape index (κ2) is 6.92. The highest BCUT2D eigenvalue weighted by Gasteiger charge is 2.43. The Bertz CT molecular complexity index is 1040. The molecule has 1 unspecified atom stereocenters. The minimum atomic E-state index is -0.437. The Hall–Kier alpha value is -2.91. The lowest BCUT2D eigenvalue weighted by atomic mass is 10.0. The molecule has 2 saturated heterocycles. The molecule has 2 aromatic rings. The molecule has 4 heterocycles. The van der Waals surface area contributed by atoms with Gasteiger partial charge in [0.2, 0.25) is 5.88 Å². The summed E-state index contributed by atoms with van der Waals surface area (Å²) in [6, 6.07) is 1.76. The van der Waals surface area contributed by atoms with Crippen LogP contribution in [0.15, 0.2) is 26.6 Å². The Morgan fingerprint density at radius 2 is 1.86 bits per heavy atom. The normalized spacial score (nSPS) is 24.0. The lowest BCUT2D eigenvalue weighted by Gasteiger charge is -2.39. The third-order valence-corrected chi connectivity index (χ3v) is 5.61. The van der Waals surface area contributed by atoms with Crippen LogP contribution < -0.4 is 26.6 Å². The molecule has 0 saturated carbocycles. The first-order chi connectivity index (χ1) is 13.3. The number of hydrogen-bond acceptors (Lipinski definition) is 7. The van der Waals surface area contributed by atoms with E-state index in [0.29, 0.717) is 24.3 Å². The van der Waals surface area contributed by atoms with Crippen molar-refractivity contribution in [3.63, 3.8) is 0 Å². The minimum Gasteiger partial charge on any atom is -0.473 e. The summed E-state index contributed by atoms with van der Waals surface area (Å²) in [6.07, 6.45) is 4.20. The molecule has 150 valence electrons. The quantitative estimate of drug-likeness (QED) is 0.775. The SMILES string of the molecule is CC(C)c1cc(OC2C[C@H]3CC[C@@H](C2)N3n2c(=O)cnn(C)c2=O)n[nH]c1=O. The van der Waals surface area contributed by atoms with Crippen LogP contribution in [0.3, 0.4) is 0 Å². The molecule has 0 amide bonds. The summed E-state index contributed by atoms with van der Waals surface area (Å²) < 4.78 is 8.44. The highest BCUT2D eigenvalue weighted by Crippen LogP contribution is 2.35. The number of aromatic amines is 1. The molecular weight excluding hydrogens is 364 g/mol. The Balaban J connectivity index is 1.56. The first-order valence-corrected chi connectivity index (χ1v) is 9.55. The summed E-state index contributed by atoms with van der Waals surface area (Å²) in [7, 11) is 1.53. The number of nitrogens with zero attached hydrogens (tertiary/aromatic N) is 5. The summed E-state index contributed by atoms with van der Waals surface area (Å²) >= 11 is 0. The maximum Gasteiger partial charge on any atom is 0.366 e. The van der Waals surface area contributed by atoms with Crippen molar-refractivity contribution >= 4 is 0 Å². The average Bonchev–Trinajstić information content (AvgIpc) is 2.90. The molecule has 2 aromatic heterocycles. The van der Waals surface area contributed by atoms with Gasteiger partial charge in [-0.3, -0.25) is 14.6 Å². The standard InChI is InChI=1S/C18H24N6O4/c1-10(2)14-8-15(20-21-17(14)26)28-13-6-11-4-5-12(7-13)23(11)24-16(25)9-19-22(3)18(24)27/h8-13H,4-7H2,1-3H3,(H,21,26)/t11-,12+,13?. The zero-order valence-corrected chi connectivity index (χ0v) is 16.2. The van der Waals surface area contributed by atoms with Crippen molar-refractivity contribution in [1.29, 1.82) is 0 Å². The molecule has 0 aromatic carbocycles. The smallest absolute Gasteiger partial charge is 0.366 e. The highest BCUT2D eigenvalue weighted by molar-refractivity contribution is 5.21. The number of nitrogens with one attached hydrogen (secondary N) is 1. The maximum atomic E-state index is 12.5. The van der Waals surface area contributed by atoms with Crippen molar-refractivity contribution in [2.75, 3.05) is 5.01 Å². The molecule has 2 fully saturated rings. The van der Waals surface area contributed by atoms with Crippen LogP contribution in [0, 0.1) is 0 Å². The Kier molecular flexibility index (Phi) is 4.56. The van der Waals surface area contributed by atoms with E-state index < -0.39 is 11.2 Å². The van der Waals surface area contributed by atoms with E-state index in [1.807, 2.05) is 18.9 Å². The fraction of sp³-hybridized carbons (Fsp3) is 0.611. The molecule has 3 atom stereocenters. The molecule has 10 nitrogen and oxygen atoms in total. The van der Waals surface area contributed by atoms with E-state index in [9.17, 15) is 14.4 Å². The monoisotopic (exact) mass is 388 g/mol. The van der Waals surface area contributed by atoms with Gasteiger partial charge in [-0.2, -0.15) is 9.77 Å². The van der Waals surface area contributed by atoms with Gasteiger partial charge in [0.05, 0.1) is 0 Å². The average molecular weight is 388 g/mol. The lowest BCUT2D eigenvalue weighted by molar-refractivity contribution is 0.129. The van der Waals surface area contributed by atoms with E-state index in [2.05, 4.69) is 15.3 Å². The van der Waals surface area contributed by atoms with E-state index in [4.69, 9.17) is 4.74 Å². The second-order valence-electron chi connectivity index (χ2n) is 7.82. The van der Waals surface area contributed by atoms with Gasteiger partial charge in [0.15, 0.2) is 0 Å². The second-order valence-corrected chi connectivity index (χ2v) is 7.82. The molecule has 2 aliphatic heterocycles. The zero-order chi connectivity index (χ0) is 20.0. The van der Waals surface area contributed by atoms with Crippen molar-refractivity contribution in [3.05, 3.63) is 49.0 Å². The van der Waals surface area contributed by atoms with Crippen molar-refractivity contribution in [2.45, 2.75) is 63.6 Å². The van der Waals surface area contributed by atoms with Crippen molar-refractivity contribution in [2.24, 2.45) is 7.05 Å². The van der Waals surface area contributed by atoms with Gasteiger partial charge in [-0.15, -0.1) is 5.10 Å². The third-order valence-electron chi connectivity index (χ3n) is 5.61. The van der Waals surface area contributed by atoms with Gasteiger partial charge < -0.3 is 4.74 Å². The number of aryl methyl sites for hydroxylation is 1. The predicted molar refractivity (Wildman–Crippen MR) is 101 cm³/mol. The zero-order valence-electron chi connectivity index (χ0n) is 16.2. The molecule has 28 heavy (non-hydrogen) atoms. The van der Waals surface area contributed by atoms with Crippen molar-refractivity contribution < 1.29 is 4.74 Å². The lowest BCUT2D eigenvalue weighted by Crippen LogP contribution is -2.60. The van der Waals surface area contributed by atoms with Gasteiger partial charge in [0.1, 0.15) is 12.3 Å². The topological polar surface area (TPSA) is 115 Å². The van der Waals surface area contributed by atoms with Crippen LogP contribution in [0.1, 0.15) is 51.0 Å². The number of H-pyrrole nitrogens is 1. The molecule has 1 N–H and O–H groups in total. The first-order valence-electron chi connectivity index (χ1n) is 9.55. The summed E-state index contributed by atoms with van der Waals surface area (Å²) in [5.74, 6) is 0.472. The van der Waals surface area contributed by atoms with Crippen LogP contribution in [0.5, 0.6) is 5.88 Å². The van der Waals surface area contributed by atoms with Crippen molar-refractivity contribution in [3.8, 4) is 5.88 Å².